The molecule has 0 atom stereocenters. The summed E-state index contributed by atoms with van der Waals surface area (Å²) in [6, 6.07) is 15.5. The standard InChI is InChI=1S/C18H18N2O2/c21-12-14-2-1-3-16(11-14)20-18(22)7-5-13-4-6-17-15(10-13)8-9-19-17/h1-4,6,8-11,19,21H,5,7,12H2,(H,20,22). The molecule has 3 aromatic rings. The Balaban J connectivity index is 1.59. The van der Waals surface area contributed by atoms with E-state index in [0.717, 1.165) is 27.7 Å². The number of aliphatic hydroxyl groups is 1. The van der Waals surface area contributed by atoms with E-state index in [4.69, 9.17) is 5.11 Å². The number of H-pyrrole nitrogens is 1. The van der Waals surface area contributed by atoms with E-state index in [2.05, 4.69) is 16.4 Å². The van der Waals surface area contributed by atoms with E-state index in [0.29, 0.717) is 12.8 Å². The second-order valence-corrected chi connectivity index (χ2v) is 5.31. The normalized spacial score (nSPS) is 10.8. The van der Waals surface area contributed by atoms with Gasteiger partial charge in [0.25, 0.3) is 0 Å². The van der Waals surface area contributed by atoms with Crippen molar-refractivity contribution in [1.29, 1.82) is 0 Å². The molecule has 0 unspecified atom stereocenters. The van der Waals surface area contributed by atoms with Crippen molar-refractivity contribution >= 4 is 22.5 Å². The molecule has 0 saturated carbocycles. The lowest BCUT2D eigenvalue weighted by Crippen LogP contribution is -2.12. The summed E-state index contributed by atoms with van der Waals surface area (Å²) in [7, 11) is 0. The van der Waals surface area contributed by atoms with E-state index in [-0.39, 0.29) is 12.5 Å². The van der Waals surface area contributed by atoms with E-state index >= 15 is 0 Å². The summed E-state index contributed by atoms with van der Waals surface area (Å²) in [6.45, 7) is -0.0274. The number of amides is 1. The molecule has 1 aromatic heterocycles. The van der Waals surface area contributed by atoms with Gasteiger partial charge in [-0.2, -0.15) is 0 Å². The number of aromatic nitrogens is 1. The molecule has 2 aromatic carbocycles. The maximum atomic E-state index is 12.0. The maximum absolute atomic E-state index is 12.0. The Kier molecular flexibility index (Phi) is 4.21. The minimum Gasteiger partial charge on any atom is -0.392 e. The predicted molar refractivity (Wildman–Crippen MR) is 87.6 cm³/mol. The lowest BCUT2D eigenvalue weighted by molar-refractivity contribution is -0.116. The van der Waals surface area contributed by atoms with Crippen LogP contribution in [0, 0.1) is 0 Å². The first-order chi connectivity index (χ1) is 10.7. The van der Waals surface area contributed by atoms with Crippen LogP contribution in [-0.2, 0) is 17.8 Å². The molecule has 0 aliphatic carbocycles. The fraction of sp³-hybridized carbons (Fsp3) is 0.167. The van der Waals surface area contributed by atoms with Gasteiger partial charge in [-0.05, 0) is 53.3 Å². The Morgan fingerprint density at radius 1 is 1.09 bits per heavy atom. The number of fused-ring (bicyclic) bond motifs is 1. The zero-order valence-electron chi connectivity index (χ0n) is 12.2. The highest BCUT2D eigenvalue weighted by Gasteiger charge is 2.05. The van der Waals surface area contributed by atoms with Crippen molar-refractivity contribution in [3.8, 4) is 0 Å². The molecule has 0 radical (unpaired) electrons. The van der Waals surface area contributed by atoms with Crippen molar-refractivity contribution in [2.45, 2.75) is 19.4 Å². The van der Waals surface area contributed by atoms with Crippen molar-refractivity contribution in [1.82, 2.24) is 4.98 Å². The number of anilines is 1. The lowest BCUT2D eigenvalue weighted by Gasteiger charge is -2.07. The van der Waals surface area contributed by atoms with E-state index < -0.39 is 0 Å². The van der Waals surface area contributed by atoms with Crippen LogP contribution in [0.4, 0.5) is 5.69 Å². The molecule has 1 heterocycles. The van der Waals surface area contributed by atoms with E-state index in [9.17, 15) is 4.79 Å². The lowest BCUT2D eigenvalue weighted by atomic mass is 10.1. The van der Waals surface area contributed by atoms with Gasteiger partial charge >= 0.3 is 0 Å². The van der Waals surface area contributed by atoms with Crippen LogP contribution in [0.3, 0.4) is 0 Å². The molecule has 4 nitrogen and oxygen atoms in total. The summed E-state index contributed by atoms with van der Waals surface area (Å²) >= 11 is 0. The maximum Gasteiger partial charge on any atom is 0.224 e. The summed E-state index contributed by atoms with van der Waals surface area (Å²) in [6.07, 6.45) is 3.04. The molecule has 0 aliphatic rings. The highest BCUT2D eigenvalue weighted by molar-refractivity contribution is 5.91. The van der Waals surface area contributed by atoms with E-state index in [1.807, 2.05) is 42.6 Å². The monoisotopic (exact) mass is 294 g/mol. The Morgan fingerprint density at radius 3 is 2.86 bits per heavy atom. The highest BCUT2D eigenvalue weighted by atomic mass is 16.3. The van der Waals surface area contributed by atoms with Gasteiger partial charge in [0.2, 0.25) is 5.91 Å². The SMILES string of the molecule is O=C(CCc1ccc2[nH]ccc2c1)Nc1cccc(CO)c1. The average molecular weight is 294 g/mol. The quantitative estimate of drug-likeness (QED) is 0.676. The molecule has 0 saturated heterocycles. The number of hydrogen-bond acceptors (Lipinski definition) is 2. The zero-order chi connectivity index (χ0) is 15.4. The Morgan fingerprint density at radius 2 is 2.00 bits per heavy atom. The van der Waals surface area contributed by atoms with Crippen molar-refractivity contribution in [2.75, 3.05) is 5.32 Å². The third kappa shape index (κ3) is 3.35. The second kappa shape index (κ2) is 6.45. The van der Waals surface area contributed by atoms with Crippen LogP contribution in [0.15, 0.2) is 54.7 Å². The second-order valence-electron chi connectivity index (χ2n) is 5.31. The van der Waals surface area contributed by atoms with Crippen LogP contribution in [0.2, 0.25) is 0 Å². The summed E-state index contributed by atoms with van der Waals surface area (Å²) in [5.41, 5.74) is 3.76. The van der Waals surface area contributed by atoms with Gasteiger partial charge in [0.1, 0.15) is 0 Å². The number of benzene rings is 2. The third-order valence-corrected chi connectivity index (χ3v) is 3.65. The van der Waals surface area contributed by atoms with Crippen LogP contribution in [-0.4, -0.2) is 16.0 Å². The molecule has 0 fully saturated rings. The number of carbonyl (C=O) groups is 1. The van der Waals surface area contributed by atoms with Crippen molar-refractivity contribution in [3.63, 3.8) is 0 Å². The Bertz CT molecular complexity index is 792. The number of nitrogens with one attached hydrogen (secondary N) is 2. The van der Waals surface area contributed by atoms with Gasteiger partial charge < -0.3 is 15.4 Å². The number of hydrogen-bond donors (Lipinski definition) is 3. The zero-order valence-corrected chi connectivity index (χ0v) is 12.2. The summed E-state index contributed by atoms with van der Waals surface area (Å²) in [5, 5.41) is 13.1. The molecule has 3 N–H and O–H groups in total. The smallest absolute Gasteiger partial charge is 0.224 e. The number of aryl methyl sites for hydroxylation is 1. The van der Waals surface area contributed by atoms with Gasteiger partial charge in [-0.3, -0.25) is 4.79 Å². The van der Waals surface area contributed by atoms with Crippen LogP contribution >= 0.6 is 0 Å². The van der Waals surface area contributed by atoms with Gasteiger partial charge in [-0.1, -0.05) is 18.2 Å². The summed E-state index contributed by atoms with van der Waals surface area (Å²) < 4.78 is 0. The Labute approximate surface area is 128 Å². The van der Waals surface area contributed by atoms with Crippen LogP contribution in [0.25, 0.3) is 10.9 Å². The van der Waals surface area contributed by atoms with Gasteiger partial charge in [0.05, 0.1) is 6.61 Å². The first-order valence-corrected chi connectivity index (χ1v) is 7.30. The highest BCUT2D eigenvalue weighted by Crippen LogP contribution is 2.16. The van der Waals surface area contributed by atoms with E-state index in [1.54, 1.807) is 6.07 Å². The van der Waals surface area contributed by atoms with Crippen molar-refractivity contribution in [2.24, 2.45) is 0 Å². The number of carbonyl (C=O) groups excluding carboxylic acids is 1. The molecule has 0 aliphatic heterocycles. The van der Waals surface area contributed by atoms with Gasteiger partial charge in [0, 0.05) is 23.8 Å². The van der Waals surface area contributed by atoms with Gasteiger partial charge in [-0.25, -0.2) is 0 Å². The number of aromatic amines is 1. The largest absolute Gasteiger partial charge is 0.392 e. The van der Waals surface area contributed by atoms with Crippen molar-refractivity contribution in [3.05, 3.63) is 65.9 Å². The van der Waals surface area contributed by atoms with E-state index in [1.165, 1.54) is 0 Å². The minimum atomic E-state index is -0.0274. The molecule has 1 amide bonds. The van der Waals surface area contributed by atoms with Gasteiger partial charge in [0.15, 0.2) is 0 Å². The summed E-state index contributed by atoms with van der Waals surface area (Å²) in [5.74, 6) is -0.0238. The minimum absolute atomic E-state index is 0.0238. The Hall–Kier alpha value is -2.59. The summed E-state index contributed by atoms with van der Waals surface area (Å²) in [4.78, 5) is 15.2. The predicted octanol–water partition coefficient (Wildman–Crippen LogP) is 3.23. The first-order valence-electron chi connectivity index (χ1n) is 7.30. The topological polar surface area (TPSA) is 65.1 Å². The van der Waals surface area contributed by atoms with Crippen molar-refractivity contribution < 1.29 is 9.90 Å². The van der Waals surface area contributed by atoms with Crippen LogP contribution in [0.5, 0.6) is 0 Å². The number of rotatable bonds is 5. The molecule has 22 heavy (non-hydrogen) atoms. The molecular weight excluding hydrogens is 276 g/mol. The van der Waals surface area contributed by atoms with Crippen LogP contribution in [0.1, 0.15) is 17.5 Å². The average Bonchev–Trinajstić information content (AvgIpc) is 3.00. The van der Waals surface area contributed by atoms with Crippen LogP contribution < -0.4 is 5.32 Å². The first kappa shape index (κ1) is 14.4. The third-order valence-electron chi connectivity index (χ3n) is 3.65. The molecule has 0 bridgehead atoms. The fourth-order valence-electron chi connectivity index (χ4n) is 2.49. The molecule has 112 valence electrons. The number of aliphatic hydroxyl groups excluding tert-OH is 1. The molecule has 0 spiro atoms. The van der Waals surface area contributed by atoms with Gasteiger partial charge in [-0.15, -0.1) is 0 Å². The molecular formula is C18H18N2O2. The molecule has 4 heteroatoms. The molecule has 3 rings (SSSR count). The fourth-order valence-corrected chi connectivity index (χ4v) is 2.49.